The van der Waals surface area contributed by atoms with Crippen molar-refractivity contribution in [1.82, 2.24) is 4.90 Å². The van der Waals surface area contributed by atoms with Gasteiger partial charge >= 0.3 is 5.97 Å². The fourth-order valence-electron chi connectivity index (χ4n) is 3.54. The highest BCUT2D eigenvalue weighted by Gasteiger charge is 2.30. The summed E-state index contributed by atoms with van der Waals surface area (Å²) in [5, 5.41) is 8.97. The third-order valence-electron chi connectivity index (χ3n) is 4.83. The first-order chi connectivity index (χ1) is 11.1. The normalized spacial score (nSPS) is 21.5. The average Bonchev–Trinajstić information content (AvgIpc) is 3.25. The summed E-state index contributed by atoms with van der Waals surface area (Å²) in [5.41, 5.74) is 0.757. The summed E-state index contributed by atoms with van der Waals surface area (Å²) in [6.07, 6.45) is 6.63. The van der Waals surface area contributed by atoms with Crippen molar-refractivity contribution in [2.24, 2.45) is 0 Å². The van der Waals surface area contributed by atoms with Gasteiger partial charge in [0.2, 0.25) is 0 Å². The SMILES string of the molecule is O=C(O)c1ccc(C(=O)N(CC2CCCO2)C2CCCC2)cc1. The number of amides is 1. The van der Waals surface area contributed by atoms with Gasteiger partial charge in [-0.25, -0.2) is 4.79 Å². The second-order valence-corrected chi connectivity index (χ2v) is 6.41. The molecule has 0 radical (unpaired) electrons. The van der Waals surface area contributed by atoms with Gasteiger partial charge in [-0.1, -0.05) is 12.8 Å². The highest BCUT2D eigenvalue weighted by atomic mass is 16.5. The maximum atomic E-state index is 12.9. The van der Waals surface area contributed by atoms with E-state index in [-0.39, 0.29) is 23.6 Å². The zero-order valence-electron chi connectivity index (χ0n) is 13.2. The molecule has 0 aromatic heterocycles. The molecular formula is C18H23NO4. The molecule has 5 heteroatoms. The zero-order chi connectivity index (χ0) is 16.2. The highest BCUT2D eigenvalue weighted by Crippen LogP contribution is 2.27. The minimum atomic E-state index is -0.976. The van der Waals surface area contributed by atoms with Crippen molar-refractivity contribution in [2.45, 2.75) is 50.7 Å². The number of carboxylic acid groups (broad SMARTS) is 1. The summed E-state index contributed by atoms with van der Waals surface area (Å²) in [6.45, 7) is 1.43. The van der Waals surface area contributed by atoms with Gasteiger partial charge in [0.05, 0.1) is 11.7 Å². The Morgan fingerprint density at radius 2 is 1.70 bits per heavy atom. The van der Waals surface area contributed by atoms with E-state index < -0.39 is 5.97 Å². The molecule has 3 rings (SSSR count). The first-order valence-corrected chi connectivity index (χ1v) is 8.41. The monoisotopic (exact) mass is 317 g/mol. The number of rotatable bonds is 5. The van der Waals surface area contributed by atoms with Gasteiger partial charge < -0.3 is 14.7 Å². The summed E-state index contributed by atoms with van der Waals surface area (Å²) in [4.78, 5) is 25.8. The molecule has 2 aliphatic rings. The van der Waals surface area contributed by atoms with E-state index in [1.165, 1.54) is 12.1 Å². The molecule has 1 atom stereocenters. The Kier molecular flexibility index (Phi) is 4.96. The van der Waals surface area contributed by atoms with E-state index in [0.717, 1.165) is 45.1 Å². The fourth-order valence-corrected chi connectivity index (χ4v) is 3.54. The second-order valence-electron chi connectivity index (χ2n) is 6.41. The lowest BCUT2D eigenvalue weighted by molar-refractivity contribution is 0.0420. The van der Waals surface area contributed by atoms with Gasteiger partial charge in [-0.2, -0.15) is 0 Å². The number of ether oxygens (including phenoxy) is 1. The largest absolute Gasteiger partial charge is 0.478 e. The van der Waals surface area contributed by atoms with E-state index in [4.69, 9.17) is 9.84 Å². The van der Waals surface area contributed by atoms with Crippen LogP contribution in [0.3, 0.4) is 0 Å². The molecule has 1 aromatic rings. The quantitative estimate of drug-likeness (QED) is 0.906. The van der Waals surface area contributed by atoms with Crippen molar-refractivity contribution >= 4 is 11.9 Å². The number of benzene rings is 1. The van der Waals surface area contributed by atoms with Crippen LogP contribution in [0.5, 0.6) is 0 Å². The van der Waals surface area contributed by atoms with E-state index in [1.54, 1.807) is 12.1 Å². The van der Waals surface area contributed by atoms with Gasteiger partial charge in [0.25, 0.3) is 5.91 Å². The van der Waals surface area contributed by atoms with Crippen molar-refractivity contribution in [2.75, 3.05) is 13.2 Å². The molecule has 1 aromatic carbocycles. The van der Waals surface area contributed by atoms with Crippen LogP contribution in [0.25, 0.3) is 0 Å². The molecule has 23 heavy (non-hydrogen) atoms. The van der Waals surface area contributed by atoms with Crippen molar-refractivity contribution in [1.29, 1.82) is 0 Å². The van der Waals surface area contributed by atoms with Gasteiger partial charge in [-0.3, -0.25) is 4.79 Å². The molecule has 1 aliphatic carbocycles. The van der Waals surface area contributed by atoms with Crippen LogP contribution >= 0.6 is 0 Å². The number of hydrogen-bond acceptors (Lipinski definition) is 3. The predicted molar refractivity (Wildman–Crippen MR) is 85.7 cm³/mol. The third kappa shape index (κ3) is 3.72. The van der Waals surface area contributed by atoms with Crippen LogP contribution in [0, 0.1) is 0 Å². The van der Waals surface area contributed by atoms with E-state index in [9.17, 15) is 9.59 Å². The number of nitrogens with zero attached hydrogens (tertiary/aromatic N) is 1. The Labute approximate surface area is 136 Å². The summed E-state index contributed by atoms with van der Waals surface area (Å²) in [5.74, 6) is -0.986. The highest BCUT2D eigenvalue weighted by molar-refractivity contribution is 5.96. The predicted octanol–water partition coefficient (Wildman–Crippen LogP) is 2.95. The summed E-state index contributed by atoms with van der Waals surface area (Å²) in [7, 11) is 0. The van der Waals surface area contributed by atoms with Crippen molar-refractivity contribution in [3.63, 3.8) is 0 Å². The molecular weight excluding hydrogens is 294 g/mol. The Morgan fingerprint density at radius 1 is 1.04 bits per heavy atom. The first-order valence-electron chi connectivity index (χ1n) is 8.41. The van der Waals surface area contributed by atoms with Crippen molar-refractivity contribution in [3.05, 3.63) is 35.4 Å². The molecule has 0 bridgehead atoms. The standard InChI is InChI=1S/C18H23NO4/c20-17(13-7-9-14(10-8-13)18(21)22)19(15-4-1-2-5-15)12-16-6-3-11-23-16/h7-10,15-16H,1-6,11-12H2,(H,21,22). The molecule has 0 spiro atoms. The molecule has 1 unspecified atom stereocenters. The number of aromatic carboxylic acids is 1. The number of carboxylic acids is 1. The molecule has 1 aliphatic heterocycles. The average molecular weight is 317 g/mol. The maximum absolute atomic E-state index is 12.9. The van der Waals surface area contributed by atoms with Gasteiger partial charge in [-0.05, 0) is 49.9 Å². The topological polar surface area (TPSA) is 66.8 Å². The molecule has 1 saturated carbocycles. The van der Waals surface area contributed by atoms with Crippen molar-refractivity contribution in [3.8, 4) is 0 Å². The van der Waals surface area contributed by atoms with Crippen LogP contribution in [0.15, 0.2) is 24.3 Å². The van der Waals surface area contributed by atoms with Gasteiger partial charge in [0.15, 0.2) is 0 Å². The number of hydrogen-bond donors (Lipinski definition) is 1. The Morgan fingerprint density at radius 3 is 2.26 bits per heavy atom. The van der Waals surface area contributed by atoms with Crippen LogP contribution in [0.2, 0.25) is 0 Å². The number of carbonyl (C=O) groups is 2. The van der Waals surface area contributed by atoms with Gasteiger partial charge in [0.1, 0.15) is 0 Å². The number of carbonyl (C=O) groups excluding carboxylic acids is 1. The Balaban J connectivity index is 1.76. The molecule has 1 saturated heterocycles. The van der Waals surface area contributed by atoms with Gasteiger partial charge in [-0.15, -0.1) is 0 Å². The van der Waals surface area contributed by atoms with Crippen LogP contribution in [0.1, 0.15) is 59.2 Å². The molecule has 5 nitrogen and oxygen atoms in total. The lowest BCUT2D eigenvalue weighted by Gasteiger charge is -2.31. The molecule has 1 N–H and O–H groups in total. The lowest BCUT2D eigenvalue weighted by atomic mass is 10.1. The van der Waals surface area contributed by atoms with Crippen molar-refractivity contribution < 1.29 is 19.4 Å². The molecule has 124 valence electrons. The minimum Gasteiger partial charge on any atom is -0.478 e. The summed E-state index contributed by atoms with van der Waals surface area (Å²) >= 11 is 0. The van der Waals surface area contributed by atoms with Crippen LogP contribution in [-0.4, -0.2) is 47.2 Å². The fraction of sp³-hybridized carbons (Fsp3) is 0.556. The van der Waals surface area contributed by atoms with E-state index >= 15 is 0 Å². The summed E-state index contributed by atoms with van der Waals surface area (Å²) < 4.78 is 5.71. The lowest BCUT2D eigenvalue weighted by Crippen LogP contribution is -2.43. The molecule has 1 heterocycles. The Bertz CT molecular complexity index is 557. The minimum absolute atomic E-state index is 0.00987. The second kappa shape index (κ2) is 7.13. The third-order valence-corrected chi connectivity index (χ3v) is 4.83. The smallest absolute Gasteiger partial charge is 0.335 e. The van der Waals surface area contributed by atoms with E-state index in [1.807, 2.05) is 4.90 Å². The van der Waals surface area contributed by atoms with Gasteiger partial charge in [0, 0.05) is 24.8 Å². The van der Waals surface area contributed by atoms with Crippen LogP contribution in [-0.2, 0) is 4.74 Å². The first kappa shape index (κ1) is 16.0. The van der Waals surface area contributed by atoms with Crippen LogP contribution < -0.4 is 0 Å². The molecule has 1 amide bonds. The summed E-state index contributed by atoms with van der Waals surface area (Å²) in [6, 6.07) is 6.50. The zero-order valence-corrected chi connectivity index (χ0v) is 13.2. The van der Waals surface area contributed by atoms with Crippen LogP contribution in [0.4, 0.5) is 0 Å². The maximum Gasteiger partial charge on any atom is 0.335 e. The Hall–Kier alpha value is -1.88. The molecule has 2 fully saturated rings. The van der Waals surface area contributed by atoms with E-state index in [0.29, 0.717) is 12.1 Å². The van der Waals surface area contributed by atoms with E-state index in [2.05, 4.69) is 0 Å².